The lowest BCUT2D eigenvalue weighted by Gasteiger charge is -2.35. The first kappa shape index (κ1) is 15.1. The number of amides is 1. The summed E-state index contributed by atoms with van der Waals surface area (Å²) in [7, 11) is 0. The van der Waals surface area contributed by atoms with Crippen molar-refractivity contribution >= 4 is 5.91 Å². The lowest BCUT2D eigenvalue weighted by molar-refractivity contribution is -0.141. The maximum Gasteiger partial charge on any atom is 0.244 e. The van der Waals surface area contributed by atoms with Crippen molar-refractivity contribution in [2.75, 3.05) is 19.8 Å². The van der Waals surface area contributed by atoms with E-state index in [1.165, 1.54) is 12.8 Å². The predicted octanol–water partition coefficient (Wildman–Crippen LogP) is 0.229. The normalized spacial score (nSPS) is 26.3. The van der Waals surface area contributed by atoms with Crippen molar-refractivity contribution in [3.8, 4) is 0 Å². The van der Waals surface area contributed by atoms with Gasteiger partial charge in [0.05, 0.1) is 31.1 Å². The molecule has 2 atom stereocenters. The van der Waals surface area contributed by atoms with Crippen LogP contribution in [0.15, 0.2) is 6.20 Å². The average Bonchev–Trinajstić information content (AvgIpc) is 3.46. The highest BCUT2D eigenvalue weighted by molar-refractivity contribution is 5.76. The summed E-state index contributed by atoms with van der Waals surface area (Å²) in [5, 5.41) is 18.1. The Kier molecular flexibility index (Phi) is 4.07. The van der Waals surface area contributed by atoms with Gasteiger partial charge in [-0.25, -0.2) is 4.68 Å². The Labute approximate surface area is 135 Å². The smallest absolute Gasteiger partial charge is 0.244 e. The summed E-state index contributed by atoms with van der Waals surface area (Å²) in [4.78, 5) is 14.6. The largest absolute Gasteiger partial charge is 0.392 e. The van der Waals surface area contributed by atoms with Gasteiger partial charge in [-0.05, 0) is 37.5 Å². The third kappa shape index (κ3) is 3.55. The minimum absolute atomic E-state index is 0.0874. The molecule has 1 aromatic rings. The first-order chi connectivity index (χ1) is 11.2. The zero-order valence-electron chi connectivity index (χ0n) is 13.3. The lowest BCUT2D eigenvalue weighted by Crippen LogP contribution is -2.50. The molecule has 0 aromatic carbocycles. The first-order valence-corrected chi connectivity index (χ1v) is 8.65. The molecule has 3 fully saturated rings. The summed E-state index contributed by atoms with van der Waals surface area (Å²) < 4.78 is 7.13. The van der Waals surface area contributed by atoms with Gasteiger partial charge in [-0.1, -0.05) is 5.21 Å². The molecule has 2 aliphatic carbocycles. The Morgan fingerprint density at radius 1 is 1.39 bits per heavy atom. The SMILES string of the molecule is O=C(Cn1cc(CC(O)C2CC2)nn1)N1CCOCC1C1CC1. The zero-order chi connectivity index (χ0) is 15.8. The number of rotatable bonds is 6. The van der Waals surface area contributed by atoms with E-state index in [0.29, 0.717) is 38.0 Å². The van der Waals surface area contributed by atoms with Gasteiger partial charge in [0.15, 0.2) is 0 Å². The van der Waals surface area contributed by atoms with Crippen LogP contribution in [0, 0.1) is 11.8 Å². The number of carbonyl (C=O) groups is 1. The predicted molar refractivity (Wildman–Crippen MR) is 81.5 cm³/mol. The number of ether oxygens (including phenoxy) is 1. The number of nitrogens with zero attached hydrogens (tertiary/aromatic N) is 4. The van der Waals surface area contributed by atoms with Crippen molar-refractivity contribution in [3.63, 3.8) is 0 Å². The monoisotopic (exact) mass is 320 g/mol. The van der Waals surface area contributed by atoms with E-state index in [0.717, 1.165) is 18.5 Å². The molecule has 1 aromatic heterocycles. The van der Waals surface area contributed by atoms with Crippen LogP contribution in [0.1, 0.15) is 31.4 Å². The molecule has 7 nitrogen and oxygen atoms in total. The van der Waals surface area contributed by atoms with Crippen molar-refractivity contribution in [2.24, 2.45) is 11.8 Å². The number of aromatic nitrogens is 3. The van der Waals surface area contributed by atoms with Gasteiger partial charge in [-0.2, -0.15) is 0 Å². The molecular weight excluding hydrogens is 296 g/mol. The van der Waals surface area contributed by atoms with Crippen molar-refractivity contribution in [1.82, 2.24) is 19.9 Å². The Bertz CT molecular complexity index is 567. The van der Waals surface area contributed by atoms with Crippen LogP contribution in [0.2, 0.25) is 0 Å². The quantitative estimate of drug-likeness (QED) is 0.811. The Hall–Kier alpha value is -1.47. The second-order valence-electron chi connectivity index (χ2n) is 7.08. The van der Waals surface area contributed by atoms with E-state index in [2.05, 4.69) is 10.3 Å². The fourth-order valence-corrected chi connectivity index (χ4v) is 3.40. The molecular formula is C16H24N4O3. The Morgan fingerprint density at radius 3 is 2.96 bits per heavy atom. The summed E-state index contributed by atoms with van der Waals surface area (Å²) in [6.07, 6.45) is 6.60. The molecule has 7 heteroatoms. The van der Waals surface area contributed by atoms with E-state index in [4.69, 9.17) is 4.74 Å². The average molecular weight is 320 g/mol. The van der Waals surface area contributed by atoms with Crippen LogP contribution in [0.4, 0.5) is 0 Å². The molecule has 2 heterocycles. The lowest BCUT2D eigenvalue weighted by atomic mass is 10.1. The van der Waals surface area contributed by atoms with Crippen LogP contribution in [0.3, 0.4) is 0 Å². The molecule has 1 saturated heterocycles. The van der Waals surface area contributed by atoms with Crippen LogP contribution < -0.4 is 0 Å². The van der Waals surface area contributed by atoms with Crippen molar-refractivity contribution in [3.05, 3.63) is 11.9 Å². The van der Waals surface area contributed by atoms with Gasteiger partial charge in [0.1, 0.15) is 6.54 Å². The minimum Gasteiger partial charge on any atom is -0.392 e. The molecule has 4 rings (SSSR count). The van der Waals surface area contributed by atoms with Crippen molar-refractivity contribution in [2.45, 2.75) is 50.8 Å². The number of carbonyl (C=O) groups excluding carboxylic acids is 1. The number of hydrogen-bond donors (Lipinski definition) is 1. The van der Waals surface area contributed by atoms with Gasteiger partial charge in [0, 0.05) is 19.2 Å². The first-order valence-electron chi connectivity index (χ1n) is 8.65. The van der Waals surface area contributed by atoms with E-state index < -0.39 is 0 Å². The highest BCUT2D eigenvalue weighted by atomic mass is 16.5. The van der Waals surface area contributed by atoms with Gasteiger partial charge < -0.3 is 14.7 Å². The maximum atomic E-state index is 12.6. The van der Waals surface area contributed by atoms with E-state index in [9.17, 15) is 9.90 Å². The second kappa shape index (κ2) is 6.20. The van der Waals surface area contributed by atoms with E-state index >= 15 is 0 Å². The molecule has 2 unspecified atom stereocenters. The van der Waals surface area contributed by atoms with Crippen molar-refractivity contribution < 1.29 is 14.6 Å². The van der Waals surface area contributed by atoms with Crippen LogP contribution >= 0.6 is 0 Å². The van der Waals surface area contributed by atoms with Gasteiger partial charge in [-0.3, -0.25) is 4.79 Å². The fourth-order valence-electron chi connectivity index (χ4n) is 3.40. The molecule has 23 heavy (non-hydrogen) atoms. The van der Waals surface area contributed by atoms with Gasteiger partial charge in [0.25, 0.3) is 0 Å². The van der Waals surface area contributed by atoms with Gasteiger partial charge in [-0.15, -0.1) is 5.10 Å². The molecule has 2 saturated carbocycles. The standard InChI is InChI=1S/C16H24N4O3/c21-15(12-3-4-12)7-13-8-19(18-17-13)9-16(22)20-5-6-23-10-14(20)11-1-2-11/h8,11-12,14-15,21H,1-7,9-10H2. The maximum absolute atomic E-state index is 12.6. The summed E-state index contributed by atoms with van der Waals surface area (Å²) >= 11 is 0. The molecule has 1 N–H and O–H groups in total. The summed E-state index contributed by atoms with van der Waals surface area (Å²) in [6.45, 7) is 2.16. The Balaban J connectivity index is 1.35. The second-order valence-corrected chi connectivity index (χ2v) is 7.08. The number of morpholine rings is 1. The zero-order valence-corrected chi connectivity index (χ0v) is 13.3. The van der Waals surface area contributed by atoms with Crippen LogP contribution in [-0.2, 0) is 22.5 Å². The van der Waals surface area contributed by atoms with E-state index in [1.54, 1.807) is 10.9 Å². The highest BCUT2D eigenvalue weighted by Gasteiger charge is 2.39. The highest BCUT2D eigenvalue weighted by Crippen LogP contribution is 2.36. The molecule has 0 spiro atoms. The van der Waals surface area contributed by atoms with E-state index in [1.807, 2.05) is 4.90 Å². The number of aliphatic hydroxyl groups is 1. The van der Waals surface area contributed by atoms with Crippen LogP contribution in [-0.4, -0.2) is 62.8 Å². The summed E-state index contributed by atoms with van der Waals surface area (Å²) in [6, 6.07) is 0.232. The molecule has 0 bridgehead atoms. The number of aliphatic hydroxyl groups excluding tert-OH is 1. The van der Waals surface area contributed by atoms with E-state index in [-0.39, 0.29) is 24.6 Å². The topological polar surface area (TPSA) is 80.5 Å². The summed E-state index contributed by atoms with van der Waals surface area (Å²) in [5.74, 6) is 1.12. The van der Waals surface area contributed by atoms with Gasteiger partial charge in [0.2, 0.25) is 5.91 Å². The molecule has 3 aliphatic rings. The molecule has 0 radical (unpaired) electrons. The molecule has 1 amide bonds. The fraction of sp³-hybridized carbons (Fsp3) is 0.812. The molecule has 1 aliphatic heterocycles. The van der Waals surface area contributed by atoms with Crippen LogP contribution in [0.5, 0.6) is 0 Å². The summed E-state index contributed by atoms with van der Waals surface area (Å²) in [5.41, 5.74) is 0.762. The third-order valence-corrected chi connectivity index (χ3v) is 5.12. The van der Waals surface area contributed by atoms with Crippen molar-refractivity contribution in [1.29, 1.82) is 0 Å². The molecule has 126 valence electrons. The minimum atomic E-state index is -0.325. The number of hydrogen-bond acceptors (Lipinski definition) is 5. The van der Waals surface area contributed by atoms with Crippen LogP contribution in [0.25, 0.3) is 0 Å². The van der Waals surface area contributed by atoms with Gasteiger partial charge >= 0.3 is 0 Å². The Morgan fingerprint density at radius 2 is 2.22 bits per heavy atom. The third-order valence-electron chi connectivity index (χ3n) is 5.12.